The first-order chi connectivity index (χ1) is 5.41. The van der Waals surface area contributed by atoms with Crippen LogP contribution in [-0.4, -0.2) is 32.2 Å². The zero-order chi connectivity index (χ0) is 8.36. The predicted molar refractivity (Wildman–Crippen MR) is 56.5 cm³/mol. The summed E-state index contributed by atoms with van der Waals surface area (Å²) in [5.41, 5.74) is 0. The van der Waals surface area contributed by atoms with Crippen LogP contribution in [0.4, 0.5) is 0 Å². The molecule has 0 saturated carbocycles. The largest absolute Gasteiger partial charge is 0.379 e. The van der Waals surface area contributed by atoms with Crippen LogP contribution >= 0.6 is 12.6 Å². The Bertz CT molecular complexity index is 66.6. The molecule has 0 aliphatic heterocycles. The molecule has 1 radical (unpaired) electrons. The first-order valence-electron chi connectivity index (χ1n) is 3.97. The summed E-state index contributed by atoms with van der Waals surface area (Å²) in [5, 5.41) is 0. The van der Waals surface area contributed by atoms with E-state index in [0.29, 0.717) is 19.8 Å². The van der Waals surface area contributed by atoms with E-state index in [4.69, 9.17) is 9.47 Å². The summed E-state index contributed by atoms with van der Waals surface area (Å²) in [4.78, 5) is 0. The average molecular weight is 281 g/mol. The van der Waals surface area contributed by atoms with Crippen molar-refractivity contribution in [3.05, 3.63) is 14.4 Å². The summed E-state index contributed by atoms with van der Waals surface area (Å²) < 4.78 is 10.4. The molecule has 79 valence electrons. The maximum absolute atomic E-state index is 5.23. The Balaban J connectivity index is -0.000000500. The monoisotopic (exact) mass is 281 g/mol. The molecule has 4 heteroatoms. The van der Waals surface area contributed by atoms with Crippen LogP contribution in [0.3, 0.4) is 0 Å². The van der Waals surface area contributed by atoms with E-state index < -0.39 is 0 Å². The standard InChI is InChI=1S/C8H17O2S.CH3.Y/c1-2-3-4-9-5-6-10-7-8-11;;/h11H,1-8H2;1H3;/q2*-1;. The van der Waals surface area contributed by atoms with Gasteiger partial charge in [0, 0.05) is 45.1 Å². The van der Waals surface area contributed by atoms with Gasteiger partial charge in [0.15, 0.2) is 0 Å². The minimum absolute atomic E-state index is 0. The van der Waals surface area contributed by atoms with Crippen molar-refractivity contribution in [2.45, 2.75) is 12.8 Å². The van der Waals surface area contributed by atoms with Gasteiger partial charge < -0.3 is 23.8 Å². The molecule has 0 spiro atoms. The van der Waals surface area contributed by atoms with Crippen molar-refractivity contribution in [1.29, 1.82) is 0 Å². The zero-order valence-corrected chi connectivity index (χ0v) is 12.2. The molecule has 0 atom stereocenters. The molecular weight excluding hydrogens is 261 g/mol. The van der Waals surface area contributed by atoms with E-state index in [1.54, 1.807) is 0 Å². The van der Waals surface area contributed by atoms with E-state index in [9.17, 15) is 0 Å². The first-order valence-corrected chi connectivity index (χ1v) is 4.60. The van der Waals surface area contributed by atoms with Crippen molar-refractivity contribution >= 4 is 12.6 Å². The molecule has 0 fully saturated rings. The van der Waals surface area contributed by atoms with Gasteiger partial charge in [0.1, 0.15) is 0 Å². The van der Waals surface area contributed by atoms with Crippen molar-refractivity contribution in [2.75, 3.05) is 32.2 Å². The fraction of sp³-hybridized carbons (Fsp3) is 0.778. The fourth-order valence-corrected chi connectivity index (χ4v) is 0.720. The minimum Gasteiger partial charge on any atom is -0.379 e. The van der Waals surface area contributed by atoms with Crippen LogP contribution in [0.25, 0.3) is 0 Å². The van der Waals surface area contributed by atoms with Gasteiger partial charge in [-0.1, -0.05) is 6.42 Å². The molecule has 0 bridgehead atoms. The van der Waals surface area contributed by atoms with Crippen LogP contribution in [0, 0.1) is 14.4 Å². The summed E-state index contributed by atoms with van der Waals surface area (Å²) >= 11 is 4.01. The van der Waals surface area contributed by atoms with Gasteiger partial charge in [0.25, 0.3) is 0 Å². The molecule has 13 heavy (non-hydrogen) atoms. The molecule has 2 nitrogen and oxygen atoms in total. The van der Waals surface area contributed by atoms with Crippen molar-refractivity contribution < 1.29 is 42.2 Å². The number of rotatable bonds is 8. The topological polar surface area (TPSA) is 18.5 Å². The SMILES string of the molecule is [CH2-]CCCOCCOCCS.[CH3-].[Y]. The van der Waals surface area contributed by atoms with Crippen LogP contribution in [-0.2, 0) is 42.2 Å². The second kappa shape index (κ2) is 19.0. The number of hydrogen-bond donors (Lipinski definition) is 1. The average Bonchev–Trinajstić information content (AvgIpc) is 2.03. The summed E-state index contributed by atoms with van der Waals surface area (Å²) in [5.74, 6) is 0.777. The molecular formula is C9H20O2SY-2. The smallest absolute Gasteiger partial charge is 0.0700 e. The Labute approximate surface area is 113 Å². The van der Waals surface area contributed by atoms with E-state index >= 15 is 0 Å². The Morgan fingerprint density at radius 1 is 1.00 bits per heavy atom. The van der Waals surface area contributed by atoms with Crippen molar-refractivity contribution in [1.82, 2.24) is 0 Å². The van der Waals surface area contributed by atoms with Gasteiger partial charge in [0.2, 0.25) is 0 Å². The van der Waals surface area contributed by atoms with E-state index in [-0.39, 0.29) is 40.1 Å². The number of hydrogen-bond acceptors (Lipinski definition) is 3. The van der Waals surface area contributed by atoms with Gasteiger partial charge in [-0.2, -0.15) is 19.0 Å². The summed E-state index contributed by atoms with van der Waals surface area (Å²) in [6, 6.07) is 0. The third-order valence-electron chi connectivity index (χ3n) is 1.15. The van der Waals surface area contributed by atoms with E-state index in [1.807, 2.05) is 0 Å². The maximum atomic E-state index is 5.23. The van der Waals surface area contributed by atoms with Crippen LogP contribution in [0.15, 0.2) is 0 Å². The van der Waals surface area contributed by atoms with Gasteiger partial charge in [-0.05, 0) is 0 Å². The Kier molecular flexibility index (Phi) is 29.1. The molecule has 0 N–H and O–H groups in total. The normalized spacial score (nSPS) is 8.77. The first kappa shape index (κ1) is 19.9. The molecule has 0 unspecified atom stereocenters. The molecule has 0 aromatic rings. The molecule has 0 heterocycles. The summed E-state index contributed by atoms with van der Waals surface area (Å²) in [6.45, 7) is 6.59. The Hall–Kier alpha value is 1.37. The fourth-order valence-electron chi connectivity index (χ4n) is 0.591. The molecule has 0 aromatic carbocycles. The van der Waals surface area contributed by atoms with Gasteiger partial charge >= 0.3 is 0 Å². The minimum atomic E-state index is 0. The molecule has 0 aromatic heterocycles. The molecule has 0 amide bonds. The van der Waals surface area contributed by atoms with E-state index in [0.717, 1.165) is 25.2 Å². The quantitative estimate of drug-likeness (QED) is 0.417. The number of thiol groups is 1. The van der Waals surface area contributed by atoms with E-state index in [1.165, 1.54) is 0 Å². The van der Waals surface area contributed by atoms with Crippen LogP contribution in [0.1, 0.15) is 12.8 Å². The number of ether oxygens (including phenoxy) is 2. The van der Waals surface area contributed by atoms with Gasteiger partial charge in [-0.25, -0.2) is 0 Å². The Morgan fingerprint density at radius 3 is 2.00 bits per heavy atom. The molecule has 0 aliphatic rings. The second-order valence-electron chi connectivity index (χ2n) is 2.16. The van der Waals surface area contributed by atoms with Crippen molar-refractivity contribution in [3.8, 4) is 0 Å². The Morgan fingerprint density at radius 2 is 1.54 bits per heavy atom. The van der Waals surface area contributed by atoms with Gasteiger partial charge in [-0.3, -0.25) is 0 Å². The maximum Gasteiger partial charge on any atom is 0.0700 e. The van der Waals surface area contributed by atoms with Gasteiger partial charge in [-0.15, -0.1) is 0 Å². The molecule has 0 aliphatic carbocycles. The van der Waals surface area contributed by atoms with Gasteiger partial charge in [0.05, 0.1) is 19.8 Å². The number of unbranched alkanes of at least 4 members (excludes halogenated alkanes) is 1. The molecule has 0 rings (SSSR count). The third-order valence-corrected chi connectivity index (χ3v) is 1.33. The van der Waals surface area contributed by atoms with Crippen molar-refractivity contribution in [3.63, 3.8) is 0 Å². The zero-order valence-electron chi connectivity index (χ0n) is 8.50. The summed E-state index contributed by atoms with van der Waals surface area (Å²) in [7, 11) is 0. The summed E-state index contributed by atoms with van der Waals surface area (Å²) in [6.07, 6.45) is 1.98. The van der Waals surface area contributed by atoms with Crippen LogP contribution in [0.5, 0.6) is 0 Å². The second-order valence-corrected chi connectivity index (χ2v) is 2.60. The van der Waals surface area contributed by atoms with E-state index in [2.05, 4.69) is 19.6 Å². The van der Waals surface area contributed by atoms with Crippen molar-refractivity contribution in [2.24, 2.45) is 0 Å². The third kappa shape index (κ3) is 19.7. The predicted octanol–water partition coefficient (Wildman–Crippen LogP) is 2.01. The van der Waals surface area contributed by atoms with Crippen LogP contribution in [0.2, 0.25) is 0 Å². The molecule has 0 saturated heterocycles. The van der Waals surface area contributed by atoms with Crippen LogP contribution < -0.4 is 0 Å².